The molecular formula is C20H16N4O4S2. The molecule has 0 unspecified atom stereocenters. The van der Waals surface area contributed by atoms with E-state index in [1.165, 1.54) is 29.4 Å². The predicted molar refractivity (Wildman–Crippen MR) is 113 cm³/mol. The summed E-state index contributed by atoms with van der Waals surface area (Å²) in [6.07, 6.45) is 2.10. The number of aromatic nitrogens is 2. The molecular weight excluding hydrogens is 424 g/mol. The largest absolute Gasteiger partial charge is 0.459 e. The molecule has 3 aromatic heterocycles. The van der Waals surface area contributed by atoms with Crippen LogP contribution in [-0.2, 0) is 17.8 Å². The van der Waals surface area contributed by atoms with Crippen molar-refractivity contribution in [1.82, 2.24) is 14.9 Å². The van der Waals surface area contributed by atoms with Crippen molar-refractivity contribution in [1.29, 1.82) is 0 Å². The van der Waals surface area contributed by atoms with Gasteiger partial charge in [-0.15, -0.1) is 0 Å². The zero-order valence-corrected chi connectivity index (χ0v) is 17.3. The molecule has 30 heavy (non-hydrogen) atoms. The maximum Gasteiger partial charge on any atom is 0.293 e. The van der Waals surface area contributed by atoms with Crippen LogP contribution in [-0.4, -0.2) is 39.0 Å². The van der Waals surface area contributed by atoms with Crippen LogP contribution in [0.25, 0.3) is 11.1 Å². The molecule has 4 heterocycles. The lowest BCUT2D eigenvalue weighted by molar-refractivity contribution is -0.129. The van der Waals surface area contributed by atoms with E-state index in [4.69, 9.17) is 8.83 Å². The molecule has 0 spiro atoms. The third-order valence-corrected chi connectivity index (χ3v) is 6.45. The van der Waals surface area contributed by atoms with E-state index >= 15 is 0 Å². The SMILES string of the molecule is O=C(Nc1nc2c(s1)CN(C(=O)CSc1nc3ccccc3o1)CC2)c1ccco1. The molecule has 1 aliphatic rings. The smallest absolute Gasteiger partial charge is 0.293 e. The van der Waals surface area contributed by atoms with Gasteiger partial charge in [0.15, 0.2) is 16.5 Å². The third kappa shape index (κ3) is 3.83. The number of hydrogen-bond donors (Lipinski definition) is 1. The number of amides is 2. The monoisotopic (exact) mass is 440 g/mol. The van der Waals surface area contributed by atoms with Crippen molar-refractivity contribution >= 4 is 51.1 Å². The van der Waals surface area contributed by atoms with E-state index in [-0.39, 0.29) is 23.3 Å². The fraction of sp³-hybridized carbons (Fsp3) is 0.200. The minimum Gasteiger partial charge on any atom is -0.459 e. The summed E-state index contributed by atoms with van der Waals surface area (Å²) in [7, 11) is 0. The number of carbonyl (C=O) groups is 2. The number of para-hydroxylation sites is 2. The molecule has 0 fully saturated rings. The average molecular weight is 441 g/mol. The molecule has 10 heteroatoms. The zero-order chi connectivity index (χ0) is 20.5. The lowest BCUT2D eigenvalue weighted by Gasteiger charge is -2.25. The number of oxazole rings is 1. The van der Waals surface area contributed by atoms with Crippen molar-refractivity contribution in [2.24, 2.45) is 0 Å². The maximum atomic E-state index is 12.7. The van der Waals surface area contributed by atoms with E-state index < -0.39 is 0 Å². The van der Waals surface area contributed by atoms with E-state index in [1.807, 2.05) is 24.3 Å². The van der Waals surface area contributed by atoms with Crippen LogP contribution in [0, 0.1) is 0 Å². The van der Waals surface area contributed by atoms with Gasteiger partial charge in [-0.05, 0) is 24.3 Å². The average Bonchev–Trinajstić information content (AvgIpc) is 3.49. The number of nitrogens with one attached hydrogen (secondary N) is 1. The van der Waals surface area contributed by atoms with Crippen molar-refractivity contribution < 1.29 is 18.4 Å². The van der Waals surface area contributed by atoms with Crippen LogP contribution in [0.1, 0.15) is 21.1 Å². The van der Waals surface area contributed by atoms with Crippen molar-refractivity contribution in [3.05, 3.63) is 59.0 Å². The highest BCUT2D eigenvalue weighted by atomic mass is 32.2. The zero-order valence-electron chi connectivity index (χ0n) is 15.7. The summed E-state index contributed by atoms with van der Waals surface area (Å²) in [4.78, 5) is 36.5. The number of thioether (sulfide) groups is 1. The highest BCUT2D eigenvalue weighted by Crippen LogP contribution is 2.30. The first-order valence-electron chi connectivity index (χ1n) is 9.25. The number of fused-ring (bicyclic) bond motifs is 2. The van der Waals surface area contributed by atoms with E-state index in [1.54, 1.807) is 17.0 Å². The summed E-state index contributed by atoms with van der Waals surface area (Å²) in [5.41, 5.74) is 2.41. The fourth-order valence-corrected chi connectivity index (χ4v) is 4.92. The van der Waals surface area contributed by atoms with Crippen LogP contribution in [0.5, 0.6) is 0 Å². The van der Waals surface area contributed by atoms with Gasteiger partial charge >= 0.3 is 0 Å². The topological polar surface area (TPSA) is 101 Å². The van der Waals surface area contributed by atoms with E-state index in [2.05, 4.69) is 15.3 Å². The summed E-state index contributed by atoms with van der Waals surface area (Å²) < 4.78 is 10.8. The van der Waals surface area contributed by atoms with Gasteiger partial charge in [0.2, 0.25) is 5.91 Å². The normalized spacial score (nSPS) is 13.4. The molecule has 1 aromatic carbocycles. The predicted octanol–water partition coefficient (Wildman–Crippen LogP) is 3.81. The Labute approximate surface area is 179 Å². The second kappa shape index (κ2) is 7.96. The number of thiazole rings is 1. The van der Waals surface area contributed by atoms with Gasteiger partial charge in [-0.2, -0.15) is 0 Å². The maximum absolute atomic E-state index is 12.7. The third-order valence-electron chi connectivity index (χ3n) is 4.64. The molecule has 0 atom stereocenters. The summed E-state index contributed by atoms with van der Waals surface area (Å²) >= 11 is 2.68. The molecule has 4 aromatic rings. The van der Waals surface area contributed by atoms with Gasteiger partial charge in [0, 0.05) is 17.8 Å². The number of furan rings is 1. The van der Waals surface area contributed by atoms with Crippen LogP contribution in [0.15, 0.2) is 56.7 Å². The first-order chi connectivity index (χ1) is 14.7. The molecule has 152 valence electrons. The molecule has 8 nitrogen and oxygen atoms in total. The first-order valence-corrected chi connectivity index (χ1v) is 11.1. The Morgan fingerprint density at radius 2 is 2.10 bits per heavy atom. The van der Waals surface area contributed by atoms with Gasteiger partial charge in [-0.25, -0.2) is 9.97 Å². The van der Waals surface area contributed by atoms with E-state index in [0.717, 1.165) is 16.1 Å². The molecule has 0 saturated carbocycles. The van der Waals surface area contributed by atoms with Crippen LogP contribution in [0.4, 0.5) is 5.13 Å². The number of nitrogens with zero attached hydrogens (tertiary/aromatic N) is 3. The fourth-order valence-electron chi connectivity index (χ4n) is 3.16. The van der Waals surface area contributed by atoms with Crippen molar-refractivity contribution in [3.8, 4) is 0 Å². The van der Waals surface area contributed by atoms with Gasteiger partial charge < -0.3 is 13.7 Å². The summed E-state index contributed by atoms with van der Waals surface area (Å²) in [5.74, 6) is 0.163. The first kappa shape index (κ1) is 18.9. The minimum atomic E-state index is -0.339. The molecule has 0 radical (unpaired) electrons. The molecule has 1 N–H and O–H groups in total. The lowest BCUT2D eigenvalue weighted by atomic mass is 10.2. The number of carbonyl (C=O) groups excluding carboxylic acids is 2. The molecule has 1 aliphatic heterocycles. The van der Waals surface area contributed by atoms with Crippen LogP contribution in [0.3, 0.4) is 0 Å². The number of benzene rings is 1. The van der Waals surface area contributed by atoms with Gasteiger partial charge in [0.05, 0.1) is 24.3 Å². The van der Waals surface area contributed by atoms with Crippen molar-refractivity contribution in [2.45, 2.75) is 18.2 Å². The van der Waals surface area contributed by atoms with Crippen LogP contribution >= 0.6 is 23.1 Å². The van der Waals surface area contributed by atoms with Gasteiger partial charge in [-0.3, -0.25) is 14.9 Å². The van der Waals surface area contributed by atoms with Crippen molar-refractivity contribution in [3.63, 3.8) is 0 Å². The van der Waals surface area contributed by atoms with Gasteiger partial charge in [0.25, 0.3) is 11.1 Å². The van der Waals surface area contributed by atoms with Crippen molar-refractivity contribution in [2.75, 3.05) is 17.6 Å². The number of rotatable bonds is 5. The highest BCUT2D eigenvalue weighted by Gasteiger charge is 2.25. The van der Waals surface area contributed by atoms with Gasteiger partial charge in [-0.1, -0.05) is 35.2 Å². The second-order valence-electron chi connectivity index (χ2n) is 6.62. The Morgan fingerprint density at radius 1 is 1.20 bits per heavy atom. The standard InChI is InChI=1S/C20H16N4O4S2/c25-17(11-29-20-22-12-4-1-2-5-14(12)28-20)24-8-7-13-16(10-24)30-19(21-13)23-18(26)15-6-3-9-27-15/h1-6,9H,7-8,10-11H2,(H,21,23,26). The van der Waals surface area contributed by atoms with Crippen LogP contribution in [0.2, 0.25) is 0 Å². The van der Waals surface area contributed by atoms with E-state index in [9.17, 15) is 9.59 Å². The highest BCUT2D eigenvalue weighted by molar-refractivity contribution is 7.99. The number of hydrogen-bond acceptors (Lipinski definition) is 8. The number of anilines is 1. The quantitative estimate of drug-likeness (QED) is 0.471. The Balaban J connectivity index is 1.20. The molecule has 0 saturated heterocycles. The lowest BCUT2D eigenvalue weighted by Crippen LogP contribution is -2.36. The van der Waals surface area contributed by atoms with Crippen LogP contribution < -0.4 is 5.32 Å². The Morgan fingerprint density at radius 3 is 2.93 bits per heavy atom. The van der Waals surface area contributed by atoms with E-state index in [0.29, 0.717) is 35.4 Å². The van der Waals surface area contributed by atoms with Gasteiger partial charge in [0.1, 0.15) is 5.52 Å². The Kier molecular flexibility index (Phi) is 5.01. The molecule has 2 amide bonds. The Hall–Kier alpha value is -3.11. The Bertz CT molecular complexity index is 1180. The minimum absolute atomic E-state index is 0.0162. The molecule has 5 rings (SSSR count). The summed E-state index contributed by atoms with van der Waals surface area (Å²) in [6, 6.07) is 10.8. The molecule has 0 bridgehead atoms. The summed E-state index contributed by atoms with van der Waals surface area (Å²) in [6.45, 7) is 1.08. The second-order valence-corrected chi connectivity index (χ2v) is 8.63. The molecule has 0 aliphatic carbocycles. The summed E-state index contributed by atoms with van der Waals surface area (Å²) in [5, 5.41) is 3.75.